The summed E-state index contributed by atoms with van der Waals surface area (Å²) in [4.78, 5) is 12.3. The van der Waals surface area contributed by atoms with Crippen LogP contribution >= 0.6 is 11.8 Å². The lowest BCUT2D eigenvalue weighted by atomic mass is 9.90. The molecule has 0 fully saturated rings. The zero-order valence-electron chi connectivity index (χ0n) is 12.7. The lowest BCUT2D eigenvalue weighted by molar-refractivity contribution is -0.121. The van der Waals surface area contributed by atoms with Crippen molar-refractivity contribution >= 4 is 23.4 Å². The summed E-state index contributed by atoms with van der Waals surface area (Å²) < 4.78 is 24.4. The van der Waals surface area contributed by atoms with E-state index in [0.717, 1.165) is 0 Å². The van der Waals surface area contributed by atoms with Gasteiger partial charge in [0.25, 0.3) is 5.76 Å². The summed E-state index contributed by atoms with van der Waals surface area (Å²) in [6.45, 7) is 5.39. The lowest BCUT2D eigenvalue weighted by Crippen LogP contribution is -2.50. The van der Waals surface area contributed by atoms with E-state index in [-0.39, 0.29) is 18.4 Å². The Hall–Kier alpha value is -1.81. The van der Waals surface area contributed by atoms with Gasteiger partial charge in [0.1, 0.15) is 5.54 Å². The van der Waals surface area contributed by atoms with Gasteiger partial charge in [-0.2, -0.15) is 14.0 Å². The fraction of sp³-hybridized carbons (Fsp3) is 0.467. The molecule has 0 saturated carbocycles. The van der Waals surface area contributed by atoms with Gasteiger partial charge in [0.2, 0.25) is 5.91 Å². The molecule has 0 saturated heterocycles. The van der Waals surface area contributed by atoms with Gasteiger partial charge in [0, 0.05) is 10.6 Å². The predicted octanol–water partition coefficient (Wildman–Crippen LogP) is 3.47. The van der Waals surface area contributed by atoms with E-state index >= 15 is 0 Å². The van der Waals surface area contributed by atoms with Crippen molar-refractivity contribution < 1.29 is 13.6 Å². The van der Waals surface area contributed by atoms with E-state index < -0.39 is 11.3 Å². The van der Waals surface area contributed by atoms with Crippen molar-refractivity contribution in [2.75, 3.05) is 11.9 Å². The Bertz CT molecular complexity index is 543. The van der Waals surface area contributed by atoms with Crippen molar-refractivity contribution in [1.29, 1.82) is 5.26 Å². The van der Waals surface area contributed by atoms with Crippen LogP contribution in [0, 0.1) is 17.2 Å². The highest BCUT2D eigenvalue weighted by Gasteiger charge is 2.29. The molecule has 0 unspecified atom stereocenters. The quantitative estimate of drug-likeness (QED) is 0.753. The first-order chi connectivity index (χ1) is 10.3. The molecular formula is C15H19F2N3OS. The number of thioether (sulfide) groups is 1. The number of alkyl halides is 2. The second kappa shape index (κ2) is 7.99. The molecule has 120 valence electrons. The van der Waals surface area contributed by atoms with Crippen molar-refractivity contribution in [1.82, 2.24) is 5.32 Å². The highest BCUT2D eigenvalue weighted by atomic mass is 32.2. The molecule has 0 radical (unpaired) electrons. The number of rotatable bonds is 7. The number of nitrogens with one attached hydrogen (secondary N) is 2. The number of amides is 1. The SMILES string of the molecule is CC(C)[C@@](C)(C#N)NC(=O)CNc1ccc(SC(F)F)cc1. The third-order valence-electron chi connectivity index (χ3n) is 3.32. The highest BCUT2D eigenvalue weighted by Crippen LogP contribution is 2.26. The number of nitrogens with zero attached hydrogens (tertiary/aromatic N) is 1. The van der Waals surface area contributed by atoms with Crippen LogP contribution in [-0.2, 0) is 4.79 Å². The molecule has 0 heterocycles. The molecule has 1 aromatic rings. The van der Waals surface area contributed by atoms with Crippen LogP contribution < -0.4 is 10.6 Å². The van der Waals surface area contributed by atoms with Crippen LogP contribution in [0.4, 0.5) is 14.5 Å². The molecular weight excluding hydrogens is 308 g/mol. The summed E-state index contributed by atoms with van der Waals surface area (Å²) in [7, 11) is 0. The van der Waals surface area contributed by atoms with Crippen LogP contribution in [0.15, 0.2) is 29.2 Å². The van der Waals surface area contributed by atoms with Gasteiger partial charge in [-0.3, -0.25) is 4.79 Å². The Morgan fingerprint density at radius 2 is 1.95 bits per heavy atom. The van der Waals surface area contributed by atoms with Crippen molar-refractivity contribution in [3.8, 4) is 6.07 Å². The summed E-state index contributed by atoms with van der Waals surface area (Å²) in [5.41, 5.74) is -0.270. The molecule has 0 aliphatic heterocycles. The Balaban J connectivity index is 2.52. The Kier molecular flexibility index (Phi) is 6.62. The molecule has 4 nitrogen and oxygen atoms in total. The average molecular weight is 327 g/mol. The molecule has 1 atom stereocenters. The summed E-state index contributed by atoms with van der Waals surface area (Å²) in [6, 6.07) is 8.48. The number of hydrogen-bond donors (Lipinski definition) is 2. The second-order valence-electron chi connectivity index (χ2n) is 5.27. The van der Waals surface area contributed by atoms with Crippen LogP contribution in [0.3, 0.4) is 0 Å². The number of carbonyl (C=O) groups excluding carboxylic acids is 1. The van der Waals surface area contributed by atoms with Crippen molar-refractivity contribution in [2.24, 2.45) is 5.92 Å². The molecule has 2 N–H and O–H groups in total. The zero-order valence-corrected chi connectivity index (χ0v) is 13.5. The normalized spacial score (nSPS) is 13.5. The van der Waals surface area contributed by atoms with E-state index in [2.05, 4.69) is 16.7 Å². The molecule has 0 bridgehead atoms. The largest absolute Gasteiger partial charge is 0.376 e. The monoisotopic (exact) mass is 327 g/mol. The Labute approximate surface area is 133 Å². The molecule has 1 aromatic carbocycles. The van der Waals surface area contributed by atoms with E-state index in [1.807, 2.05) is 13.8 Å². The third kappa shape index (κ3) is 5.53. The van der Waals surface area contributed by atoms with Gasteiger partial charge in [0.05, 0.1) is 12.6 Å². The number of hydrogen-bond acceptors (Lipinski definition) is 4. The number of benzene rings is 1. The van der Waals surface area contributed by atoms with Crippen molar-refractivity contribution in [3.63, 3.8) is 0 Å². The number of anilines is 1. The Morgan fingerprint density at radius 3 is 2.41 bits per heavy atom. The first kappa shape index (κ1) is 18.2. The number of carbonyl (C=O) groups is 1. The summed E-state index contributed by atoms with van der Waals surface area (Å²) in [6.07, 6.45) is 0. The van der Waals surface area contributed by atoms with E-state index in [1.165, 1.54) is 0 Å². The van der Waals surface area contributed by atoms with Gasteiger partial charge in [0.15, 0.2) is 0 Å². The first-order valence-corrected chi connectivity index (χ1v) is 7.66. The maximum atomic E-state index is 12.2. The average Bonchev–Trinajstić information content (AvgIpc) is 2.45. The van der Waals surface area contributed by atoms with Gasteiger partial charge in [-0.05, 0) is 37.1 Å². The van der Waals surface area contributed by atoms with Gasteiger partial charge in [-0.15, -0.1) is 0 Å². The maximum Gasteiger partial charge on any atom is 0.288 e. The molecule has 0 spiro atoms. The van der Waals surface area contributed by atoms with Crippen LogP contribution in [0.5, 0.6) is 0 Å². The first-order valence-electron chi connectivity index (χ1n) is 6.78. The van der Waals surface area contributed by atoms with Gasteiger partial charge in [-0.25, -0.2) is 0 Å². The molecule has 0 aliphatic rings. The van der Waals surface area contributed by atoms with Crippen molar-refractivity contribution in [3.05, 3.63) is 24.3 Å². The van der Waals surface area contributed by atoms with E-state index in [4.69, 9.17) is 5.26 Å². The molecule has 7 heteroatoms. The summed E-state index contributed by atoms with van der Waals surface area (Å²) >= 11 is 0.469. The Morgan fingerprint density at radius 1 is 1.36 bits per heavy atom. The molecule has 0 aliphatic carbocycles. The number of nitriles is 1. The van der Waals surface area contributed by atoms with Crippen LogP contribution in [-0.4, -0.2) is 23.7 Å². The topological polar surface area (TPSA) is 64.9 Å². The fourth-order valence-corrected chi connectivity index (χ4v) is 2.07. The third-order valence-corrected chi connectivity index (χ3v) is 4.04. The molecule has 1 rings (SSSR count). The molecule has 0 aromatic heterocycles. The standard InChI is InChI=1S/C15H19F2N3OS/c1-10(2)15(3,9-18)20-13(21)8-19-11-4-6-12(7-5-11)22-14(16)17/h4-7,10,14,19H,8H2,1-3H3,(H,20,21)/t15-/m1/s1. The fourth-order valence-electron chi connectivity index (χ4n) is 1.57. The summed E-state index contributed by atoms with van der Waals surface area (Å²) in [5.74, 6) is -2.78. The minimum atomic E-state index is -2.45. The van der Waals surface area contributed by atoms with Crippen LogP contribution in [0.1, 0.15) is 20.8 Å². The predicted molar refractivity (Wildman–Crippen MR) is 83.8 cm³/mol. The zero-order chi connectivity index (χ0) is 16.8. The molecule has 1 amide bonds. The van der Waals surface area contributed by atoms with Gasteiger partial charge >= 0.3 is 0 Å². The van der Waals surface area contributed by atoms with Gasteiger partial charge in [-0.1, -0.05) is 25.6 Å². The lowest BCUT2D eigenvalue weighted by Gasteiger charge is -2.27. The van der Waals surface area contributed by atoms with Crippen LogP contribution in [0.2, 0.25) is 0 Å². The van der Waals surface area contributed by atoms with E-state index in [0.29, 0.717) is 22.3 Å². The van der Waals surface area contributed by atoms with E-state index in [9.17, 15) is 13.6 Å². The number of halogens is 2. The second-order valence-corrected chi connectivity index (χ2v) is 6.34. The summed E-state index contributed by atoms with van der Waals surface area (Å²) in [5, 5.41) is 14.7. The minimum absolute atomic E-state index is 0.00528. The molecule has 22 heavy (non-hydrogen) atoms. The van der Waals surface area contributed by atoms with E-state index in [1.54, 1.807) is 31.2 Å². The minimum Gasteiger partial charge on any atom is -0.376 e. The smallest absolute Gasteiger partial charge is 0.288 e. The van der Waals surface area contributed by atoms with Crippen molar-refractivity contribution in [2.45, 2.75) is 37.0 Å². The van der Waals surface area contributed by atoms with Crippen LogP contribution in [0.25, 0.3) is 0 Å². The van der Waals surface area contributed by atoms with Gasteiger partial charge < -0.3 is 10.6 Å². The highest BCUT2D eigenvalue weighted by molar-refractivity contribution is 7.99. The maximum absolute atomic E-state index is 12.2.